The van der Waals surface area contributed by atoms with E-state index in [0.717, 1.165) is 6.42 Å². The van der Waals surface area contributed by atoms with E-state index < -0.39 is 22.0 Å². The number of carbonyl (C=O) groups is 1. The Labute approximate surface area is 164 Å². The monoisotopic (exact) mass is 405 g/mol. The summed E-state index contributed by atoms with van der Waals surface area (Å²) in [6.07, 6.45) is 2.26. The molecule has 3 rings (SSSR count). The maximum atomic E-state index is 12.9. The first-order chi connectivity index (χ1) is 13.4. The van der Waals surface area contributed by atoms with E-state index in [1.807, 2.05) is 0 Å². The maximum Gasteiger partial charge on any atom is 0.243 e. The van der Waals surface area contributed by atoms with E-state index in [4.69, 9.17) is 9.47 Å². The minimum Gasteiger partial charge on any atom is -0.490 e. The molecular formula is C19H23N3O5S. The summed E-state index contributed by atoms with van der Waals surface area (Å²) >= 11 is 0. The van der Waals surface area contributed by atoms with Crippen molar-refractivity contribution in [2.75, 3.05) is 18.5 Å². The first kappa shape index (κ1) is 20.1. The summed E-state index contributed by atoms with van der Waals surface area (Å²) in [6.45, 7) is 4.49. The molecule has 1 aliphatic rings. The van der Waals surface area contributed by atoms with Gasteiger partial charge in [-0.2, -0.15) is 4.72 Å². The Kier molecular flexibility index (Phi) is 6.15. The molecule has 0 aliphatic carbocycles. The van der Waals surface area contributed by atoms with Gasteiger partial charge < -0.3 is 14.8 Å². The van der Waals surface area contributed by atoms with Crippen LogP contribution in [0.4, 0.5) is 5.82 Å². The number of nitrogens with one attached hydrogen (secondary N) is 2. The van der Waals surface area contributed by atoms with Gasteiger partial charge in [-0.1, -0.05) is 19.9 Å². The molecule has 2 aromatic rings. The molecule has 0 radical (unpaired) electrons. The van der Waals surface area contributed by atoms with Crippen molar-refractivity contribution in [3.63, 3.8) is 0 Å². The van der Waals surface area contributed by atoms with Gasteiger partial charge >= 0.3 is 0 Å². The topological polar surface area (TPSA) is 107 Å². The van der Waals surface area contributed by atoms with Crippen molar-refractivity contribution >= 4 is 21.7 Å². The Morgan fingerprint density at radius 3 is 2.54 bits per heavy atom. The SMILES string of the molecule is CC(C)[C@@H](NS(=O)(=O)c1ccc2c(c1)OCCCO2)C(=O)Nc1ccccn1. The highest BCUT2D eigenvalue weighted by Gasteiger charge is 2.29. The highest BCUT2D eigenvalue weighted by molar-refractivity contribution is 7.89. The number of benzene rings is 1. The second-order valence-electron chi connectivity index (χ2n) is 6.71. The van der Waals surface area contributed by atoms with Gasteiger partial charge in [-0.25, -0.2) is 13.4 Å². The Morgan fingerprint density at radius 2 is 1.86 bits per heavy atom. The van der Waals surface area contributed by atoms with Crippen LogP contribution in [0.25, 0.3) is 0 Å². The summed E-state index contributed by atoms with van der Waals surface area (Å²) in [5.41, 5.74) is 0. The smallest absolute Gasteiger partial charge is 0.243 e. The number of carbonyl (C=O) groups excluding carboxylic acids is 1. The van der Waals surface area contributed by atoms with E-state index in [9.17, 15) is 13.2 Å². The number of pyridine rings is 1. The van der Waals surface area contributed by atoms with Crippen LogP contribution in [0.5, 0.6) is 11.5 Å². The number of hydrogen-bond donors (Lipinski definition) is 2. The molecule has 1 aromatic carbocycles. The number of amides is 1. The lowest BCUT2D eigenvalue weighted by molar-refractivity contribution is -0.118. The Bertz CT molecular complexity index is 932. The molecule has 0 saturated heterocycles. The second kappa shape index (κ2) is 8.57. The third-order valence-electron chi connectivity index (χ3n) is 4.18. The van der Waals surface area contributed by atoms with Crippen molar-refractivity contribution in [3.05, 3.63) is 42.6 Å². The molecule has 0 bridgehead atoms. The van der Waals surface area contributed by atoms with E-state index in [1.54, 1.807) is 44.3 Å². The number of anilines is 1. The van der Waals surface area contributed by atoms with Gasteiger partial charge in [0.15, 0.2) is 11.5 Å². The zero-order chi connectivity index (χ0) is 20.1. The Hall–Kier alpha value is -2.65. The highest BCUT2D eigenvalue weighted by Crippen LogP contribution is 2.32. The van der Waals surface area contributed by atoms with Crippen molar-refractivity contribution in [1.82, 2.24) is 9.71 Å². The largest absolute Gasteiger partial charge is 0.490 e. The predicted molar refractivity (Wildman–Crippen MR) is 104 cm³/mol. The zero-order valence-electron chi connectivity index (χ0n) is 15.7. The average molecular weight is 405 g/mol. The first-order valence-electron chi connectivity index (χ1n) is 9.01. The molecule has 2 heterocycles. The molecule has 0 fully saturated rings. The van der Waals surface area contributed by atoms with Gasteiger partial charge in [-0.15, -0.1) is 0 Å². The standard InChI is InChI=1S/C19H23N3O5S/c1-13(2)18(19(23)21-17-6-3-4-9-20-17)22-28(24,25)14-7-8-15-16(12-14)27-11-5-10-26-15/h3-4,6-9,12-13,18,22H,5,10-11H2,1-2H3,(H,20,21,23)/t18-/m1/s1. The van der Waals surface area contributed by atoms with Gasteiger partial charge in [0, 0.05) is 18.7 Å². The fourth-order valence-corrected chi connectivity index (χ4v) is 4.04. The molecule has 2 N–H and O–H groups in total. The number of rotatable bonds is 6. The van der Waals surface area contributed by atoms with Crippen molar-refractivity contribution in [3.8, 4) is 11.5 Å². The summed E-state index contributed by atoms with van der Waals surface area (Å²) in [7, 11) is -3.95. The quantitative estimate of drug-likeness (QED) is 0.763. The number of nitrogens with zero attached hydrogens (tertiary/aromatic N) is 1. The summed E-state index contributed by atoms with van der Waals surface area (Å²) in [4.78, 5) is 16.7. The maximum absolute atomic E-state index is 12.9. The average Bonchev–Trinajstić information content (AvgIpc) is 2.91. The number of fused-ring (bicyclic) bond motifs is 1. The first-order valence-corrected chi connectivity index (χ1v) is 10.5. The van der Waals surface area contributed by atoms with Gasteiger partial charge in [-0.05, 0) is 30.2 Å². The predicted octanol–water partition coefficient (Wildman–Crippen LogP) is 2.18. The molecule has 1 atom stereocenters. The van der Waals surface area contributed by atoms with Crippen LogP contribution < -0.4 is 19.5 Å². The van der Waals surface area contributed by atoms with Crippen LogP contribution >= 0.6 is 0 Å². The van der Waals surface area contributed by atoms with Gasteiger partial charge in [0.05, 0.1) is 18.1 Å². The second-order valence-corrected chi connectivity index (χ2v) is 8.42. The molecular weight excluding hydrogens is 382 g/mol. The Morgan fingerprint density at radius 1 is 1.11 bits per heavy atom. The van der Waals surface area contributed by atoms with E-state index in [1.165, 1.54) is 12.1 Å². The highest BCUT2D eigenvalue weighted by atomic mass is 32.2. The van der Waals surface area contributed by atoms with E-state index >= 15 is 0 Å². The molecule has 1 aliphatic heterocycles. The fraction of sp³-hybridized carbons (Fsp3) is 0.368. The molecule has 28 heavy (non-hydrogen) atoms. The van der Waals surface area contributed by atoms with Gasteiger partial charge in [-0.3, -0.25) is 4.79 Å². The normalized spacial score (nSPS) is 15.0. The Balaban J connectivity index is 1.80. The van der Waals surface area contributed by atoms with Crippen LogP contribution in [0.3, 0.4) is 0 Å². The van der Waals surface area contributed by atoms with Gasteiger partial charge in [0.25, 0.3) is 0 Å². The molecule has 0 spiro atoms. The van der Waals surface area contributed by atoms with E-state index in [2.05, 4.69) is 15.0 Å². The number of sulfonamides is 1. The number of aromatic nitrogens is 1. The minimum atomic E-state index is -3.95. The summed E-state index contributed by atoms with van der Waals surface area (Å²) < 4.78 is 39.3. The van der Waals surface area contributed by atoms with E-state index in [-0.39, 0.29) is 10.8 Å². The molecule has 1 aromatic heterocycles. The van der Waals surface area contributed by atoms with Gasteiger partial charge in [0.2, 0.25) is 15.9 Å². The molecule has 0 unspecified atom stereocenters. The minimum absolute atomic E-state index is 0.00744. The lowest BCUT2D eigenvalue weighted by Crippen LogP contribution is -2.47. The van der Waals surface area contributed by atoms with Crippen LogP contribution in [0.1, 0.15) is 20.3 Å². The van der Waals surface area contributed by atoms with Crippen LogP contribution in [0.2, 0.25) is 0 Å². The van der Waals surface area contributed by atoms with Crippen LogP contribution in [0.15, 0.2) is 47.5 Å². The third-order valence-corrected chi connectivity index (χ3v) is 5.62. The third kappa shape index (κ3) is 4.79. The van der Waals surface area contributed by atoms with Crippen molar-refractivity contribution in [1.29, 1.82) is 0 Å². The van der Waals surface area contributed by atoms with E-state index in [0.29, 0.717) is 30.5 Å². The van der Waals surface area contributed by atoms with Crippen LogP contribution in [-0.2, 0) is 14.8 Å². The summed E-state index contributed by atoms with van der Waals surface area (Å²) in [5, 5.41) is 2.63. The van der Waals surface area contributed by atoms with Gasteiger partial charge in [0.1, 0.15) is 11.9 Å². The number of hydrogen-bond acceptors (Lipinski definition) is 6. The summed E-state index contributed by atoms with van der Waals surface area (Å²) in [5.74, 6) is 0.475. The number of ether oxygens (including phenoxy) is 2. The molecule has 150 valence electrons. The fourth-order valence-electron chi connectivity index (χ4n) is 2.68. The molecule has 1 amide bonds. The summed E-state index contributed by atoms with van der Waals surface area (Å²) in [6, 6.07) is 8.53. The van der Waals surface area contributed by atoms with Crippen LogP contribution in [0, 0.1) is 5.92 Å². The van der Waals surface area contributed by atoms with Crippen molar-refractivity contribution < 1.29 is 22.7 Å². The molecule has 9 heteroatoms. The van der Waals surface area contributed by atoms with Crippen LogP contribution in [-0.4, -0.2) is 38.6 Å². The lowest BCUT2D eigenvalue weighted by Gasteiger charge is -2.21. The van der Waals surface area contributed by atoms with Crippen molar-refractivity contribution in [2.24, 2.45) is 5.92 Å². The van der Waals surface area contributed by atoms with Crippen molar-refractivity contribution in [2.45, 2.75) is 31.2 Å². The zero-order valence-corrected chi connectivity index (χ0v) is 16.5. The lowest BCUT2D eigenvalue weighted by atomic mass is 10.1. The molecule has 8 nitrogen and oxygen atoms in total. The molecule has 0 saturated carbocycles.